The number of amides is 1. The molecule has 1 amide bonds. The minimum Gasteiger partial charge on any atom is -0.366 e. The molecular weight excluding hydrogens is 450 g/mol. The molecule has 2 aromatic heterocycles. The topological polar surface area (TPSA) is 89.1 Å². The first-order valence-corrected chi connectivity index (χ1v) is 11.5. The van der Waals surface area contributed by atoms with Crippen LogP contribution in [0.25, 0.3) is 16.9 Å². The summed E-state index contributed by atoms with van der Waals surface area (Å²) in [4.78, 5) is 23.8. The first-order valence-electron chi connectivity index (χ1n) is 11.5. The van der Waals surface area contributed by atoms with E-state index in [0.29, 0.717) is 29.2 Å². The van der Waals surface area contributed by atoms with Crippen LogP contribution in [0.1, 0.15) is 40.0 Å². The van der Waals surface area contributed by atoms with E-state index in [9.17, 15) is 13.6 Å². The van der Waals surface area contributed by atoms with Gasteiger partial charge in [0.1, 0.15) is 23.3 Å². The van der Waals surface area contributed by atoms with Gasteiger partial charge in [-0.2, -0.15) is 9.97 Å². The van der Waals surface area contributed by atoms with E-state index in [1.54, 1.807) is 16.7 Å². The van der Waals surface area contributed by atoms with Crippen LogP contribution in [0.15, 0.2) is 42.5 Å². The van der Waals surface area contributed by atoms with Crippen molar-refractivity contribution < 1.29 is 13.6 Å². The van der Waals surface area contributed by atoms with Gasteiger partial charge in [0, 0.05) is 36.8 Å². The van der Waals surface area contributed by atoms with E-state index in [4.69, 9.17) is 15.7 Å². The van der Waals surface area contributed by atoms with Crippen LogP contribution in [-0.4, -0.2) is 34.0 Å². The fourth-order valence-electron chi connectivity index (χ4n) is 4.72. The number of nitrogens with two attached hydrogens (primary N) is 1. The molecule has 0 aliphatic carbocycles. The average molecular weight is 477 g/mol. The third kappa shape index (κ3) is 4.29. The highest BCUT2D eigenvalue weighted by molar-refractivity contribution is 6.06. The minimum atomic E-state index is -0.702. The number of aromatic nitrogens is 3. The lowest BCUT2D eigenvalue weighted by Gasteiger charge is -2.22. The van der Waals surface area contributed by atoms with Crippen LogP contribution < -0.4 is 16.0 Å². The van der Waals surface area contributed by atoms with Crippen LogP contribution in [0.4, 0.5) is 20.4 Å². The number of anilines is 2. The summed E-state index contributed by atoms with van der Waals surface area (Å²) in [7, 11) is 1.99. The van der Waals surface area contributed by atoms with Gasteiger partial charge >= 0.3 is 0 Å². The van der Waals surface area contributed by atoms with E-state index in [1.165, 1.54) is 18.2 Å². The zero-order chi connectivity index (χ0) is 24.7. The van der Waals surface area contributed by atoms with E-state index in [1.807, 2.05) is 20.0 Å². The van der Waals surface area contributed by atoms with Crippen molar-refractivity contribution >= 4 is 28.4 Å². The Hall–Kier alpha value is -4.01. The normalized spacial score (nSPS) is 13.5. The third-order valence-electron chi connectivity index (χ3n) is 6.39. The molecule has 4 aromatic rings. The summed E-state index contributed by atoms with van der Waals surface area (Å²) in [5, 5.41) is 3.91. The number of carbonyl (C=O) groups is 1. The summed E-state index contributed by atoms with van der Waals surface area (Å²) in [5.74, 6) is 0.229. The molecule has 3 N–H and O–H groups in total. The first-order chi connectivity index (χ1) is 16.8. The first kappa shape index (κ1) is 22.8. The molecule has 180 valence electrons. The van der Waals surface area contributed by atoms with Crippen LogP contribution in [0.5, 0.6) is 0 Å². The van der Waals surface area contributed by atoms with Gasteiger partial charge in [0.05, 0.1) is 11.1 Å². The van der Waals surface area contributed by atoms with Gasteiger partial charge in [0.15, 0.2) is 0 Å². The van der Waals surface area contributed by atoms with Crippen LogP contribution in [0.3, 0.4) is 0 Å². The Morgan fingerprint density at radius 1 is 1.11 bits per heavy atom. The van der Waals surface area contributed by atoms with E-state index in [2.05, 4.69) is 10.2 Å². The molecule has 9 heteroatoms. The lowest BCUT2D eigenvalue weighted by atomic mass is 10.1. The molecule has 1 aliphatic rings. The predicted molar refractivity (Wildman–Crippen MR) is 132 cm³/mol. The van der Waals surface area contributed by atoms with Crippen molar-refractivity contribution in [3.8, 4) is 5.95 Å². The molecular formula is C26H26F2N6O. The number of fused-ring (bicyclic) bond motifs is 2. The molecule has 7 nitrogen and oxygen atoms in total. The molecule has 0 atom stereocenters. The maximum atomic E-state index is 14.5. The van der Waals surface area contributed by atoms with E-state index in [0.717, 1.165) is 54.5 Å². The van der Waals surface area contributed by atoms with Crippen LogP contribution in [-0.2, 0) is 13.0 Å². The number of benzene rings is 2. The monoisotopic (exact) mass is 476 g/mol. The van der Waals surface area contributed by atoms with Crippen molar-refractivity contribution in [3.05, 3.63) is 76.5 Å². The molecule has 35 heavy (non-hydrogen) atoms. The van der Waals surface area contributed by atoms with Crippen molar-refractivity contribution in [1.82, 2.24) is 14.5 Å². The molecule has 0 bridgehead atoms. The standard InChI is InChI=1S/C26H26F2N6O/c1-15-10-20-21(23(29)35)12-18(28)13-22(20)34(15)26-31-24(30-14-16-6-5-7-17(27)11-16)19-8-3-4-9-33(2)25(19)32-26/h5-7,10-13H,3-4,8-9,14H2,1-2H3,(H2,29,35)(H,30,31,32). The van der Waals surface area contributed by atoms with Crippen molar-refractivity contribution in [2.75, 3.05) is 23.8 Å². The second-order valence-corrected chi connectivity index (χ2v) is 8.91. The van der Waals surface area contributed by atoms with Crippen molar-refractivity contribution in [2.24, 2.45) is 5.73 Å². The van der Waals surface area contributed by atoms with Gasteiger partial charge in [-0.15, -0.1) is 0 Å². The van der Waals surface area contributed by atoms with Gasteiger partial charge in [-0.1, -0.05) is 12.1 Å². The van der Waals surface area contributed by atoms with Gasteiger partial charge in [-0.25, -0.2) is 8.78 Å². The third-order valence-corrected chi connectivity index (χ3v) is 6.39. The van der Waals surface area contributed by atoms with Crippen LogP contribution >= 0.6 is 0 Å². The highest BCUT2D eigenvalue weighted by atomic mass is 19.1. The van der Waals surface area contributed by atoms with Crippen LogP contribution in [0, 0.1) is 18.6 Å². The average Bonchev–Trinajstić information content (AvgIpc) is 3.02. The Bertz CT molecular complexity index is 1450. The molecule has 0 unspecified atom stereocenters. The Morgan fingerprint density at radius 2 is 1.94 bits per heavy atom. The number of nitrogens with zero attached hydrogens (tertiary/aromatic N) is 4. The number of nitrogens with one attached hydrogen (secondary N) is 1. The predicted octanol–water partition coefficient (Wildman–Crippen LogP) is 4.49. The largest absolute Gasteiger partial charge is 0.366 e. The van der Waals surface area contributed by atoms with Gasteiger partial charge in [0.25, 0.3) is 0 Å². The molecule has 0 spiro atoms. The summed E-state index contributed by atoms with van der Waals surface area (Å²) >= 11 is 0. The quantitative estimate of drug-likeness (QED) is 0.443. The van der Waals surface area contributed by atoms with Gasteiger partial charge in [0.2, 0.25) is 11.9 Å². The van der Waals surface area contributed by atoms with E-state index in [-0.39, 0.29) is 11.4 Å². The lowest BCUT2D eigenvalue weighted by molar-refractivity contribution is 0.100. The van der Waals surface area contributed by atoms with E-state index < -0.39 is 11.7 Å². The van der Waals surface area contributed by atoms with E-state index >= 15 is 0 Å². The van der Waals surface area contributed by atoms with Gasteiger partial charge in [-0.3, -0.25) is 9.36 Å². The minimum absolute atomic E-state index is 0.109. The van der Waals surface area contributed by atoms with Gasteiger partial charge < -0.3 is 16.0 Å². The molecule has 0 fully saturated rings. The van der Waals surface area contributed by atoms with Crippen molar-refractivity contribution in [2.45, 2.75) is 32.7 Å². The molecule has 0 radical (unpaired) electrons. The Balaban J connectivity index is 1.67. The number of hydrogen-bond donors (Lipinski definition) is 2. The zero-order valence-electron chi connectivity index (χ0n) is 19.6. The molecule has 0 saturated carbocycles. The van der Waals surface area contributed by atoms with Gasteiger partial charge in [-0.05, 0) is 62.1 Å². The smallest absolute Gasteiger partial charge is 0.249 e. The summed E-state index contributed by atoms with van der Waals surface area (Å²) in [6.07, 6.45) is 2.81. The second kappa shape index (κ2) is 8.98. The number of primary amides is 1. The SMILES string of the molecule is Cc1cc2c(C(N)=O)cc(F)cc2n1-c1nc(NCc2cccc(F)c2)c2c(n1)N(C)CCCC2. The highest BCUT2D eigenvalue weighted by Gasteiger charge is 2.23. The van der Waals surface area contributed by atoms with Crippen molar-refractivity contribution in [3.63, 3.8) is 0 Å². The molecule has 1 aliphatic heterocycles. The Kier molecular flexibility index (Phi) is 5.84. The molecule has 3 heterocycles. The fourth-order valence-corrected chi connectivity index (χ4v) is 4.72. The fraction of sp³-hybridized carbons (Fsp3) is 0.269. The number of rotatable bonds is 5. The highest BCUT2D eigenvalue weighted by Crippen LogP contribution is 2.33. The maximum absolute atomic E-state index is 14.5. The molecule has 0 saturated heterocycles. The summed E-state index contributed by atoms with van der Waals surface area (Å²) in [6.45, 7) is 3.08. The number of halogens is 2. The number of hydrogen-bond acceptors (Lipinski definition) is 5. The lowest BCUT2D eigenvalue weighted by Crippen LogP contribution is -2.21. The second-order valence-electron chi connectivity index (χ2n) is 8.91. The summed E-state index contributed by atoms with van der Waals surface area (Å²) in [5.41, 5.74) is 8.60. The number of aryl methyl sites for hydroxylation is 1. The summed E-state index contributed by atoms with van der Waals surface area (Å²) in [6, 6.07) is 10.7. The molecule has 5 rings (SSSR count). The number of carbonyl (C=O) groups excluding carboxylic acids is 1. The maximum Gasteiger partial charge on any atom is 0.249 e. The molecule has 2 aromatic carbocycles. The zero-order valence-corrected chi connectivity index (χ0v) is 19.6. The Morgan fingerprint density at radius 3 is 2.71 bits per heavy atom. The summed E-state index contributed by atoms with van der Waals surface area (Å²) < 4.78 is 29.9. The van der Waals surface area contributed by atoms with Crippen molar-refractivity contribution in [1.29, 1.82) is 0 Å². The van der Waals surface area contributed by atoms with Crippen LogP contribution in [0.2, 0.25) is 0 Å². The Labute approximate surface area is 201 Å².